The van der Waals surface area contributed by atoms with Crippen LogP contribution in [-0.2, 0) is 5.75 Å². The number of thiazole rings is 1. The van der Waals surface area contributed by atoms with Gasteiger partial charge in [-0.3, -0.25) is 4.40 Å². The van der Waals surface area contributed by atoms with Crippen molar-refractivity contribution in [2.75, 3.05) is 0 Å². The third-order valence-corrected chi connectivity index (χ3v) is 3.47. The number of imidazole rings is 1. The first-order valence-electron chi connectivity index (χ1n) is 3.34. The predicted octanol–water partition coefficient (Wildman–Crippen LogP) is 2.13. The van der Waals surface area contributed by atoms with Crippen molar-refractivity contribution in [3.05, 3.63) is 23.1 Å². The number of hydrogen-bond acceptors (Lipinski definition) is 3. The quantitative estimate of drug-likeness (QED) is 0.672. The molecule has 0 unspecified atom stereocenters. The van der Waals surface area contributed by atoms with Crippen LogP contribution in [0.3, 0.4) is 0 Å². The van der Waals surface area contributed by atoms with Crippen LogP contribution in [0.15, 0.2) is 12.5 Å². The van der Waals surface area contributed by atoms with Gasteiger partial charge in [0.15, 0.2) is 0 Å². The number of fused-ring (bicyclic) bond motifs is 1. The summed E-state index contributed by atoms with van der Waals surface area (Å²) in [7, 11) is 0. The van der Waals surface area contributed by atoms with Gasteiger partial charge in [-0.05, 0) is 6.92 Å². The number of hydrogen-bond donors (Lipinski definition) is 1. The van der Waals surface area contributed by atoms with Crippen LogP contribution in [0.5, 0.6) is 0 Å². The lowest BCUT2D eigenvalue weighted by atomic mass is 10.4. The molecule has 0 aromatic carbocycles. The van der Waals surface area contributed by atoms with Crippen molar-refractivity contribution in [3.8, 4) is 0 Å². The molecular formula is C7H8N2S2. The molecule has 0 radical (unpaired) electrons. The number of thiol groups is 1. The van der Waals surface area contributed by atoms with Crippen molar-refractivity contribution in [2.24, 2.45) is 0 Å². The van der Waals surface area contributed by atoms with Crippen LogP contribution < -0.4 is 0 Å². The highest BCUT2D eigenvalue weighted by Gasteiger charge is 2.05. The Morgan fingerprint density at radius 1 is 1.73 bits per heavy atom. The third kappa shape index (κ3) is 0.973. The SMILES string of the molecule is Cc1c(CS)sc2cncn12. The van der Waals surface area contributed by atoms with Gasteiger partial charge in [0.2, 0.25) is 0 Å². The van der Waals surface area contributed by atoms with Crippen molar-refractivity contribution in [1.82, 2.24) is 9.38 Å². The summed E-state index contributed by atoms with van der Waals surface area (Å²) < 4.78 is 2.09. The van der Waals surface area contributed by atoms with Crippen molar-refractivity contribution < 1.29 is 0 Å². The Bertz CT molecular complexity index is 375. The summed E-state index contributed by atoms with van der Waals surface area (Å²) in [6.07, 6.45) is 3.72. The highest BCUT2D eigenvalue weighted by molar-refractivity contribution is 7.79. The molecule has 0 amide bonds. The first-order valence-corrected chi connectivity index (χ1v) is 4.79. The van der Waals surface area contributed by atoms with Crippen molar-refractivity contribution >= 4 is 28.8 Å². The molecule has 0 saturated carbocycles. The summed E-state index contributed by atoms with van der Waals surface area (Å²) in [6, 6.07) is 0. The maximum absolute atomic E-state index is 4.24. The third-order valence-electron chi connectivity index (χ3n) is 1.74. The molecule has 11 heavy (non-hydrogen) atoms. The second-order valence-corrected chi connectivity index (χ2v) is 3.80. The Morgan fingerprint density at radius 2 is 2.55 bits per heavy atom. The highest BCUT2D eigenvalue weighted by Crippen LogP contribution is 2.23. The average molecular weight is 184 g/mol. The van der Waals surface area contributed by atoms with Gasteiger partial charge in [-0.15, -0.1) is 11.3 Å². The molecule has 0 saturated heterocycles. The second-order valence-electron chi connectivity index (χ2n) is 2.37. The van der Waals surface area contributed by atoms with Gasteiger partial charge >= 0.3 is 0 Å². The average Bonchev–Trinajstić information content (AvgIpc) is 2.53. The zero-order valence-electron chi connectivity index (χ0n) is 6.11. The van der Waals surface area contributed by atoms with Crippen LogP contribution in [-0.4, -0.2) is 9.38 Å². The molecule has 2 heterocycles. The predicted molar refractivity (Wildman–Crippen MR) is 50.5 cm³/mol. The fraction of sp³-hybridized carbons (Fsp3) is 0.286. The minimum atomic E-state index is 0.818. The number of nitrogens with zero attached hydrogens (tertiary/aromatic N) is 2. The maximum Gasteiger partial charge on any atom is 0.119 e. The monoisotopic (exact) mass is 184 g/mol. The van der Waals surface area contributed by atoms with Crippen LogP contribution in [0.25, 0.3) is 4.83 Å². The molecule has 4 heteroatoms. The van der Waals surface area contributed by atoms with Crippen LogP contribution in [0.4, 0.5) is 0 Å². The van der Waals surface area contributed by atoms with E-state index in [0.29, 0.717) is 0 Å². The largest absolute Gasteiger partial charge is 0.294 e. The second kappa shape index (κ2) is 2.53. The first-order chi connectivity index (χ1) is 5.33. The lowest BCUT2D eigenvalue weighted by Gasteiger charge is -1.90. The van der Waals surface area contributed by atoms with E-state index in [1.54, 1.807) is 11.3 Å². The lowest BCUT2D eigenvalue weighted by Crippen LogP contribution is -1.83. The van der Waals surface area contributed by atoms with Gasteiger partial charge in [-0.2, -0.15) is 12.6 Å². The molecule has 0 aliphatic heterocycles. The van der Waals surface area contributed by atoms with Gasteiger partial charge in [0.1, 0.15) is 11.2 Å². The molecule has 0 bridgehead atoms. The van der Waals surface area contributed by atoms with Gasteiger partial charge in [0.05, 0.1) is 6.20 Å². The van der Waals surface area contributed by atoms with Crippen molar-refractivity contribution in [2.45, 2.75) is 12.7 Å². The molecular weight excluding hydrogens is 176 g/mol. The molecule has 2 aromatic rings. The molecule has 2 aromatic heterocycles. The molecule has 0 fully saturated rings. The van der Waals surface area contributed by atoms with E-state index < -0.39 is 0 Å². The fourth-order valence-corrected chi connectivity index (χ4v) is 2.47. The molecule has 58 valence electrons. The van der Waals surface area contributed by atoms with Crippen molar-refractivity contribution in [1.29, 1.82) is 0 Å². The molecule has 0 spiro atoms. The normalized spacial score (nSPS) is 11.1. The Hall–Kier alpha value is -0.480. The van der Waals surface area contributed by atoms with Gasteiger partial charge in [-0.1, -0.05) is 0 Å². The number of rotatable bonds is 1. The Kier molecular flexibility index (Phi) is 1.65. The fourth-order valence-electron chi connectivity index (χ4n) is 1.09. The molecule has 0 atom stereocenters. The van der Waals surface area contributed by atoms with Crippen LogP contribution in [0, 0.1) is 6.92 Å². The van der Waals surface area contributed by atoms with Gasteiger partial charge in [-0.25, -0.2) is 4.98 Å². The summed E-state index contributed by atoms with van der Waals surface area (Å²) in [5.41, 5.74) is 1.26. The van der Waals surface area contributed by atoms with Gasteiger partial charge < -0.3 is 0 Å². The number of aromatic nitrogens is 2. The van der Waals surface area contributed by atoms with Gasteiger partial charge in [0, 0.05) is 16.3 Å². The maximum atomic E-state index is 4.24. The zero-order chi connectivity index (χ0) is 7.84. The topological polar surface area (TPSA) is 17.3 Å². The minimum absolute atomic E-state index is 0.818. The van der Waals surface area contributed by atoms with Gasteiger partial charge in [0.25, 0.3) is 0 Å². The Balaban J connectivity index is 2.76. The summed E-state index contributed by atoms with van der Waals surface area (Å²) in [6.45, 7) is 2.09. The summed E-state index contributed by atoms with van der Waals surface area (Å²) in [4.78, 5) is 6.57. The Labute approximate surface area is 74.3 Å². The van der Waals surface area contributed by atoms with E-state index in [2.05, 4.69) is 28.9 Å². The van der Waals surface area contributed by atoms with Crippen LogP contribution in [0.2, 0.25) is 0 Å². The minimum Gasteiger partial charge on any atom is -0.294 e. The van der Waals surface area contributed by atoms with E-state index in [1.165, 1.54) is 15.4 Å². The van der Waals surface area contributed by atoms with E-state index in [-0.39, 0.29) is 0 Å². The van der Waals surface area contributed by atoms with E-state index in [9.17, 15) is 0 Å². The first kappa shape index (κ1) is 7.18. The molecule has 0 aliphatic carbocycles. The summed E-state index contributed by atoms with van der Waals surface area (Å²) in [5.74, 6) is 0.818. The van der Waals surface area contributed by atoms with E-state index >= 15 is 0 Å². The summed E-state index contributed by atoms with van der Waals surface area (Å²) in [5, 5.41) is 0. The number of aryl methyl sites for hydroxylation is 1. The van der Waals surface area contributed by atoms with Crippen molar-refractivity contribution in [3.63, 3.8) is 0 Å². The molecule has 2 rings (SSSR count). The van der Waals surface area contributed by atoms with E-state index in [1.807, 2.05) is 12.5 Å². The zero-order valence-corrected chi connectivity index (χ0v) is 7.82. The Morgan fingerprint density at radius 3 is 3.18 bits per heavy atom. The summed E-state index contributed by atoms with van der Waals surface area (Å²) >= 11 is 6.00. The molecule has 0 aliphatic rings. The smallest absolute Gasteiger partial charge is 0.119 e. The molecule has 2 nitrogen and oxygen atoms in total. The molecule has 0 N–H and O–H groups in total. The van der Waals surface area contributed by atoms with E-state index in [4.69, 9.17) is 0 Å². The van der Waals surface area contributed by atoms with E-state index in [0.717, 1.165) is 5.75 Å². The van der Waals surface area contributed by atoms with Crippen LogP contribution >= 0.6 is 24.0 Å². The standard InChI is InChI=1S/C7H8N2S2/c1-5-6(3-10)11-7-2-8-4-9(5)7/h2,4,10H,3H2,1H3. The highest BCUT2D eigenvalue weighted by atomic mass is 32.1. The van der Waals surface area contributed by atoms with Crippen LogP contribution in [0.1, 0.15) is 10.6 Å². The lowest BCUT2D eigenvalue weighted by molar-refractivity contribution is 1.08.